The van der Waals surface area contributed by atoms with Crippen molar-refractivity contribution in [1.82, 2.24) is 4.90 Å². The second-order valence-corrected chi connectivity index (χ2v) is 5.31. The molecule has 0 spiro atoms. The number of nitrogens with zero attached hydrogens (tertiary/aromatic N) is 1. The molecule has 0 aromatic heterocycles. The molecule has 0 bridgehead atoms. The van der Waals surface area contributed by atoms with Gasteiger partial charge in [0.25, 0.3) is 5.91 Å². The number of rotatable bonds is 2. The van der Waals surface area contributed by atoms with Gasteiger partial charge in [0.1, 0.15) is 0 Å². The topological polar surface area (TPSA) is 29.5 Å². The van der Waals surface area contributed by atoms with Crippen LogP contribution in [-0.4, -0.2) is 37.1 Å². The van der Waals surface area contributed by atoms with Gasteiger partial charge in [0.05, 0.1) is 26.7 Å². The van der Waals surface area contributed by atoms with Gasteiger partial charge in [-0.3, -0.25) is 4.79 Å². The van der Waals surface area contributed by atoms with Crippen molar-refractivity contribution >= 4 is 40.7 Å². The fourth-order valence-electron chi connectivity index (χ4n) is 1.99. The third-order valence-corrected chi connectivity index (χ3v) is 4.14. The number of carbonyl (C=O) groups is 1. The molecule has 1 atom stereocenters. The maximum atomic E-state index is 12.3. The van der Waals surface area contributed by atoms with Crippen LogP contribution in [0.3, 0.4) is 0 Å². The molecule has 1 aromatic rings. The van der Waals surface area contributed by atoms with Gasteiger partial charge in [-0.25, -0.2) is 0 Å². The second-order valence-electron chi connectivity index (χ2n) is 4.12. The predicted molar refractivity (Wildman–Crippen MR) is 72.8 cm³/mol. The predicted octanol–water partition coefficient (Wildman–Crippen LogP) is 3.51. The zero-order valence-electron chi connectivity index (χ0n) is 9.75. The summed E-state index contributed by atoms with van der Waals surface area (Å²) in [5.41, 5.74) is 0.266. The van der Waals surface area contributed by atoms with E-state index in [1.54, 1.807) is 24.1 Å². The van der Waals surface area contributed by atoms with Gasteiger partial charge in [0.15, 0.2) is 0 Å². The molecule has 0 N–H and O–H groups in total. The van der Waals surface area contributed by atoms with E-state index in [9.17, 15) is 4.79 Å². The third-order valence-electron chi connectivity index (χ3n) is 3.02. The lowest BCUT2D eigenvalue weighted by atomic mass is 10.2. The summed E-state index contributed by atoms with van der Waals surface area (Å²) in [7, 11) is 1.64. The highest BCUT2D eigenvalue weighted by Crippen LogP contribution is 2.33. The molecule has 1 heterocycles. The van der Waals surface area contributed by atoms with Crippen LogP contribution in [0.25, 0.3) is 0 Å². The number of halogens is 3. The highest BCUT2D eigenvalue weighted by Gasteiger charge is 2.29. The molecule has 1 aliphatic heterocycles. The molecular formula is C12H12Cl3NO2. The summed E-state index contributed by atoms with van der Waals surface area (Å²) >= 11 is 18.0. The van der Waals surface area contributed by atoms with Gasteiger partial charge >= 0.3 is 0 Å². The Kier molecular flexibility index (Phi) is 4.38. The first-order valence-corrected chi connectivity index (χ1v) is 6.63. The van der Waals surface area contributed by atoms with Gasteiger partial charge < -0.3 is 9.64 Å². The molecule has 1 aromatic carbocycles. The Morgan fingerprint density at radius 2 is 2.00 bits per heavy atom. The van der Waals surface area contributed by atoms with Crippen LogP contribution in [0.15, 0.2) is 12.1 Å². The Morgan fingerprint density at radius 1 is 1.33 bits per heavy atom. The Hall–Kier alpha value is -0.480. The number of ether oxygens (including phenoxy) is 1. The summed E-state index contributed by atoms with van der Waals surface area (Å²) in [4.78, 5) is 14.0. The van der Waals surface area contributed by atoms with E-state index in [0.717, 1.165) is 6.42 Å². The Balaban J connectivity index is 2.27. The van der Waals surface area contributed by atoms with Crippen molar-refractivity contribution in [1.29, 1.82) is 0 Å². The molecule has 0 saturated carbocycles. The molecule has 0 aliphatic carbocycles. The minimum Gasteiger partial charge on any atom is -0.380 e. The largest absolute Gasteiger partial charge is 0.380 e. The van der Waals surface area contributed by atoms with E-state index in [1.807, 2.05) is 0 Å². The van der Waals surface area contributed by atoms with Gasteiger partial charge in [0.2, 0.25) is 0 Å². The van der Waals surface area contributed by atoms with Gasteiger partial charge in [-0.15, -0.1) is 0 Å². The van der Waals surface area contributed by atoms with Crippen LogP contribution in [0.2, 0.25) is 15.1 Å². The van der Waals surface area contributed by atoms with E-state index < -0.39 is 0 Å². The monoisotopic (exact) mass is 307 g/mol. The summed E-state index contributed by atoms with van der Waals surface area (Å²) < 4.78 is 5.23. The summed E-state index contributed by atoms with van der Waals surface area (Å²) in [6.07, 6.45) is 0.892. The molecule has 6 heteroatoms. The first-order valence-electron chi connectivity index (χ1n) is 5.50. The first kappa shape index (κ1) is 13.9. The van der Waals surface area contributed by atoms with Crippen LogP contribution in [0.5, 0.6) is 0 Å². The molecule has 3 nitrogen and oxygen atoms in total. The van der Waals surface area contributed by atoms with E-state index in [-0.39, 0.29) is 22.6 Å². The van der Waals surface area contributed by atoms with Crippen LogP contribution in [0.1, 0.15) is 16.8 Å². The number of hydrogen-bond donors (Lipinski definition) is 0. The lowest BCUT2D eigenvalue weighted by Gasteiger charge is -2.18. The number of likely N-dealkylation sites (tertiary alicyclic amines) is 1. The first-order chi connectivity index (χ1) is 8.54. The van der Waals surface area contributed by atoms with Gasteiger partial charge in [-0.05, 0) is 18.6 Å². The van der Waals surface area contributed by atoms with Crippen LogP contribution in [0.4, 0.5) is 0 Å². The van der Waals surface area contributed by atoms with Crippen molar-refractivity contribution < 1.29 is 9.53 Å². The minimum atomic E-state index is -0.202. The van der Waals surface area contributed by atoms with Gasteiger partial charge in [-0.2, -0.15) is 0 Å². The van der Waals surface area contributed by atoms with Crippen LogP contribution in [-0.2, 0) is 4.74 Å². The molecule has 2 rings (SSSR count). The lowest BCUT2D eigenvalue weighted by molar-refractivity contribution is 0.0724. The smallest absolute Gasteiger partial charge is 0.257 e. The zero-order valence-corrected chi connectivity index (χ0v) is 12.0. The normalized spacial score (nSPS) is 19.3. The highest BCUT2D eigenvalue weighted by atomic mass is 35.5. The fourth-order valence-corrected chi connectivity index (χ4v) is 2.68. The standard InChI is InChI=1S/C12H12Cl3NO2/c1-18-7-4-5-16(6-7)12(17)10-8(13)2-3-9(14)11(10)15/h2-3,7H,4-6H2,1H3. The maximum Gasteiger partial charge on any atom is 0.257 e. The SMILES string of the molecule is COC1CCN(C(=O)c2c(Cl)ccc(Cl)c2Cl)C1. The molecular weight excluding hydrogens is 296 g/mol. The van der Waals surface area contributed by atoms with Crippen LogP contribution >= 0.6 is 34.8 Å². The summed E-state index contributed by atoms with van der Waals surface area (Å²) in [6.45, 7) is 1.19. The van der Waals surface area contributed by atoms with Gasteiger partial charge in [-0.1, -0.05) is 34.8 Å². The molecule has 1 saturated heterocycles. The zero-order chi connectivity index (χ0) is 13.3. The van der Waals surface area contributed by atoms with Crippen LogP contribution in [0, 0.1) is 0 Å². The van der Waals surface area contributed by atoms with Crippen molar-refractivity contribution in [3.63, 3.8) is 0 Å². The molecule has 18 heavy (non-hydrogen) atoms. The number of methoxy groups -OCH3 is 1. The average Bonchev–Trinajstić information content (AvgIpc) is 2.83. The Morgan fingerprint density at radius 3 is 2.61 bits per heavy atom. The van der Waals surface area contributed by atoms with E-state index in [0.29, 0.717) is 23.1 Å². The molecule has 1 aliphatic rings. The summed E-state index contributed by atoms with van der Waals surface area (Å²) in [5, 5.41) is 0.845. The molecule has 1 unspecified atom stereocenters. The van der Waals surface area contributed by atoms with Gasteiger partial charge in [0, 0.05) is 20.2 Å². The lowest BCUT2D eigenvalue weighted by Crippen LogP contribution is -2.30. The van der Waals surface area contributed by atoms with Crippen molar-refractivity contribution in [3.8, 4) is 0 Å². The van der Waals surface area contributed by atoms with E-state index >= 15 is 0 Å². The van der Waals surface area contributed by atoms with Crippen molar-refractivity contribution in [2.75, 3.05) is 20.2 Å². The molecule has 0 radical (unpaired) electrons. The number of carbonyl (C=O) groups excluding carboxylic acids is 1. The van der Waals surface area contributed by atoms with E-state index in [4.69, 9.17) is 39.5 Å². The molecule has 98 valence electrons. The molecule has 1 fully saturated rings. The van der Waals surface area contributed by atoms with Crippen molar-refractivity contribution in [3.05, 3.63) is 32.8 Å². The van der Waals surface area contributed by atoms with Crippen molar-refractivity contribution in [2.45, 2.75) is 12.5 Å². The highest BCUT2D eigenvalue weighted by molar-refractivity contribution is 6.46. The Bertz CT molecular complexity index is 479. The van der Waals surface area contributed by atoms with E-state index in [2.05, 4.69) is 0 Å². The number of benzene rings is 1. The summed E-state index contributed by atoms with van der Waals surface area (Å²) in [5.74, 6) is -0.202. The van der Waals surface area contributed by atoms with Crippen LogP contribution < -0.4 is 0 Å². The molecule has 1 amide bonds. The maximum absolute atomic E-state index is 12.3. The minimum absolute atomic E-state index is 0.0747. The summed E-state index contributed by atoms with van der Waals surface area (Å²) in [6, 6.07) is 3.15. The fraction of sp³-hybridized carbons (Fsp3) is 0.417. The van der Waals surface area contributed by atoms with E-state index in [1.165, 1.54) is 0 Å². The number of amides is 1. The second kappa shape index (κ2) is 5.66. The average molecular weight is 309 g/mol. The van der Waals surface area contributed by atoms with Crippen molar-refractivity contribution in [2.24, 2.45) is 0 Å². The number of hydrogen-bond acceptors (Lipinski definition) is 2. The Labute approximate surface area is 121 Å². The quantitative estimate of drug-likeness (QED) is 0.783. The third kappa shape index (κ3) is 2.59.